The SMILES string of the molecule is CC(C)NC(=O)NCc1c(Cl)cccc1Oc1ccccc1. The van der Waals surface area contributed by atoms with E-state index in [-0.39, 0.29) is 12.1 Å². The number of hydrogen-bond donors (Lipinski definition) is 2. The lowest BCUT2D eigenvalue weighted by Gasteiger charge is -2.14. The molecule has 2 aromatic carbocycles. The van der Waals surface area contributed by atoms with Crippen LogP contribution >= 0.6 is 11.6 Å². The molecule has 0 spiro atoms. The van der Waals surface area contributed by atoms with Crippen molar-refractivity contribution in [3.8, 4) is 11.5 Å². The normalized spacial score (nSPS) is 10.4. The van der Waals surface area contributed by atoms with Crippen molar-refractivity contribution in [2.75, 3.05) is 0 Å². The van der Waals surface area contributed by atoms with Crippen molar-refractivity contribution in [3.63, 3.8) is 0 Å². The monoisotopic (exact) mass is 318 g/mol. The minimum absolute atomic E-state index is 0.0753. The Labute approximate surface area is 135 Å². The number of halogens is 1. The highest BCUT2D eigenvalue weighted by Gasteiger charge is 2.11. The quantitative estimate of drug-likeness (QED) is 0.861. The third-order valence-electron chi connectivity index (χ3n) is 2.89. The van der Waals surface area contributed by atoms with Crippen LogP contribution < -0.4 is 15.4 Å². The van der Waals surface area contributed by atoms with Gasteiger partial charge in [-0.1, -0.05) is 35.9 Å². The first-order valence-electron chi connectivity index (χ1n) is 7.11. The fourth-order valence-electron chi connectivity index (χ4n) is 1.90. The number of nitrogens with one attached hydrogen (secondary N) is 2. The van der Waals surface area contributed by atoms with Gasteiger partial charge in [0.1, 0.15) is 11.5 Å². The van der Waals surface area contributed by atoms with Crippen LogP contribution in [0.4, 0.5) is 4.79 Å². The summed E-state index contributed by atoms with van der Waals surface area (Å²) >= 11 is 6.23. The molecule has 0 aliphatic rings. The second-order valence-electron chi connectivity index (χ2n) is 5.11. The molecule has 0 atom stereocenters. The summed E-state index contributed by atoms with van der Waals surface area (Å²) in [6.07, 6.45) is 0. The number of benzene rings is 2. The van der Waals surface area contributed by atoms with Gasteiger partial charge in [0.15, 0.2) is 0 Å². The molecule has 0 bridgehead atoms. The molecule has 4 nitrogen and oxygen atoms in total. The van der Waals surface area contributed by atoms with Gasteiger partial charge in [0.2, 0.25) is 0 Å². The van der Waals surface area contributed by atoms with E-state index in [1.54, 1.807) is 6.07 Å². The van der Waals surface area contributed by atoms with Gasteiger partial charge in [0.25, 0.3) is 0 Å². The summed E-state index contributed by atoms with van der Waals surface area (Å²) in [5.41, 5.74) is 0.743. The molecule has 0 aliphatic carbocycles. The number of ether oxygens (including phenoxy) is 1. The highest BCUT2D eigenvalue weighted by Crippen LogP contribution is 2.30. The van der Waals surface area contributed by atoms with E-state index >= 15 is 0 Å². The van der Waals surface area contributed by atoms with Crippen LogP contribution in [-0.2, 0) is 6.54 Å². The molecule has 116 valence electrons. The lowest BCUT2D eigenvalue weighted by molar-refractivity contribution is 0.238. The number of hydrogen-bond acceptors (Lipinski definition) is 2. The van der Waals surface area contributed by atoms with Gasteiger partial charge in [-0.05, 0) is 38.1 Å². The highest BCUT2D eigenvalue weighted by molar-refractivity contribution is 6.31. The molecule has 0 saturated carbocycles. The second kappa shape index (κ2) is 7.71. The van der Waals surface area contributed by atoms with Gasteiger partial charge in [-0.25, -0.2) is 4.79 Å². The Kier molecular flexibility index (Phi) is 5.67. The van der Waals surface area contributed by atoms with E-state index in [0.29, 0.717) is 17.3 Å². The van der Waals surface area contributed by atoms with Gasteiger partial charge in [-0.15, -0.1) is 0 Å². The van der Waals surface area contributed by atoms with E-state index in [0.717, 1.165) is 11.3 Å². The number of amides is 2. The number of rotatable bonds is 5. The zero-order valence-corrected chi connectivity index (χ0v) is 13.4. The molecule has 2 rings (SSSR count). The minimum Gasteiger partial charge on any atom is -0.457 e. The zero-order chi connectivity index (χ0) is 15.9. The second-order valence-corrected chi connectivity index (χ2v) is 5.52. The first-order valence-corrected chi connectivity index (χ1v) is 7.48. The van der Waals surface area contributed by atoms with E-state index in [1.807, 2.05) is 56.3 Å². The first-order chi connectivity index (χ1) is 10.6. The summed E-state index contributed by atoms with van der Waals surface area (Å²) in [6.45, 7) is 4.10. The Bertz CT molecular complexity index is 630. The molecule has 0 saturated heterocycles. The third kappa shape index (κ3) is 4.67. The van der Waals surface area contributed by atoms with Gasteiger partial charge in [0, 0.05) is 23.2 Å². The van der Waals surface area contributed by atoms with Crippen molar-refractivity contribution in [3.05, 3.63) is 59.1 Å². The topological polar surface area (TPSA) is 50.4 Å². The van der Waals surface area contributed by atoms with Crippen LogP contribution in [0.5, 0.6) is 11.5 Å². The van der Waals surface area contributed by atoms with Gasteiger partial charge < -0.3 is 15.4 Å². The zero-order valence-electron chi connectivity index (χ0n) is 12.6. The largest absolute Gasteiger partial charge is 0.457 e. The first kappa shape index (κ1) is 16.2. The summed E-state index contributed by atoms with van der Waals surface area (Å²) in [5, 5.41) is 6.10. The fourth-order valence-corrected chi connectivity index (χ4v) is 2.14. The number of carbonyl (C=O) groups is 1. The lowest BCUT2D eigenvalue weighted by Crippen LogP contribution is -2.39. The minimum atomic E-state index is -0.236. The van der Waals surface area contributed by atoms with Crippen LogP contribution in [0.1, 0.15) is 19.4 Å². The molecule has 0 unspecified atom stereocenters. The Morgan fingerprint density at radius 1 is 1.14 bits per heavy atom. The van der Waals surface area contributed by atoms with Crippen LogP contribution in [0.3, 0.4) is 0 Å². The molecule has 2 amide bonds. The van der Waals surface area contributed by atoms with E-state index in [4.69, 9.17) is 16.3 Å². The molecule has 0 fully saturated rings. The number of urea groups is 1. The number of carbonyl (C=O) groups excluding carboxylic acids is 1. The van der Waals surface area contributed by atoms with E-state index in [2.05, 4.69) is 10.6 Å². The van der Waals surface area contributed by atoms with E-state index < -0.39 is 0 Å². The van der Waals surface area contributed by atoms with Crippen molar-refractivity contribution in [1.29, 1.82) is 0 Å². The lowest BCUT2D eigenvalue weighted by atomic mass is 10.2. The molecule has 2 N–H and O–H groups in total. The van der Waals surface area contributed by atoms with Gasteiger partial charge in [-0.2, -0.15) is 0 Å². The molecule has 5 heteroatoms. The van der Waals surface area contributed by atoms with Crippen LogP contribution in [0.2, 0.25) is 5.02 Å². The predicted molar refractivity (Wildman–Crippen MR) is 88.5 cm³/mol. The maximum Gasteiger partial charge on any atom is 0.315 e. The highest BCUT2D eigenvalue weighted by atomic mass is 35.5. The summed E-state index contributed by atoms with van der Waals surface area (Å²) in [7, 11) is 0. The number of para-hydroxylation sites is 1. The Hall–Kier alpha value is -2.20. The molecule has 0 heterocycles. The van der Waals surface area contributed by atoms with Crippen molar-refractivity contribution in [2.45, 2.75) is 26.4 Å². The van der Waals surface area contributed by atoms with E-state index in [9.17, 15) is 4.79 Å². The van der Waals surface area contributed by atoms with Crippen molar-refractivity contribution in [1.82, 2.24) is 10.6 Å². The van der Waals surface area contributed by atoms with Gasteiger partial charge in [0.05, 0.1) is 0 Å². The fraction of sp³-hybridized carbons (Fsp3) is 0.235. The summed E-state index contributed by atoms with van der Waals surface area (Å²) < 4.78 is 5.85. The average molecular weight is 319 g/mol. The smallest absolute Gasteiger partial charge is 0.315 e. The Morgan fingerprint density at radius 2 is 1.86 bits per heavy atom. The van der Waals surface area contributed by atoms with Crippen LogP contribution in [-0.4, -0.2) is 12.1 Å². The summed E-state index contributed by atoms with van der Waals surface area (Å²) in [4.78, 5) is 11.7. The van der Waals surface area contributed by atoms with Crippen molar-refractivity contribution >= 4 is 17.6 Å². The molecule has 22 heavy (non-hydrogen) atoms. The van der Waals surface area contributed by atoms with Gasteiger partial charge >= 0.3 is 6.03 Å². The third-order valence-corrected chi connectivity index (χ3v) is 3.25. The molecule has 2 aromatic rings. The summed E-state index contributed by atoms with van der Waals surface area (Å²) in [6, 6.07) is 14.7. The molecular weight excluding hydrogens is 300 g/mol. The molecule has 0 aromatic heterocycles. The van der Waals surface area contributed by atoms with Gasteiger partial charge in [-0.3, -0.25) is 0 Å². The molecular formula is C17H19ClN2O2. The van der Waals surface area contributed by atoms with Crippen LogP contribution in [0.15, 0.2) is 48.5 Å². The van der Waals surface area contributed by atoms with E-state index in [1.165, 1.54) is 0 Å². The van der Waals surface area contributed by atoms with Crippen molar-refractivity contribution in [2.24, 2.45) is 0 Å². The Morgan fingerprint density at radius 3 is 2.55 bits per heavy atom. The van der Waals surface area contributed by atoms with Crippen LogP contribution in [0.25, 0.3) is 0 Å². The molecule has 0 radical (unpaired) electrons. The standard InChI is InChI=1S/C17H19ClN2O2/c1-12(2)20-17(21)19-11-14-15(18)9-6-10-16(14)22-13-7-4-3-5-8-13/h3-10,12H,11H2,1-2H3,(H2,19,20,21). The van der Waals surface area contributed by atoms with Crippen LogP contribution in [0, 0.1) is 0 Å². The summed E-state index contributed by atoms with van der Waals surface area (Å²) in [5.74, 6) is 1.35. The Balaban J connectivity index is 2.11. The average Bonchev–Trinajstić information content (AvgIpc) is 2.47. The predicted octanol–water partition coefficient (Wildman–Crippen LogP) is 4.34. The van der Waals surface area contributed by atoms with Crippen molar-refractivity contribution < 1.29 is 9.53 Å². The molecule has 0 aliphatic heterocycles. The maximum atomic E-state index is 11.7. The maximum absolute atomic E-state index is 11.7.